The molecule has 0 aliphatic heterocycles. The molecule has 0 bridgehead atoms. The molecule has 2 amide bonds. The third-order valence-electron chi connectivity index (χ3n) is 3.46. The minimum atomic E-state index is -0.404. The third-order valence-corrected chi connectivity index (χ3v) is 3.46. The quantitative estimate of drug-likeness (QED) is 0.614. The van der Waals surface area contributed by atoms with E-state index in [1.807, 2.05) is 32.9 Å². The van der Waals surface area contributed by atoms with Gasteiger partial charge in [-0.1, -0.05) is 43.8 Å². The Kier molecular flexibility index (Phi) is 4.76. The largest absolute Gasteiger partial charge is 0.359 e. The molecule has 1 aromatic carbocycles. The van der Waals surface area contributed by atoms with Crippen LogP contribution in [-0.4, -0.2) is 21.4 Å². The summed E-state index contributed by atoms with van der Waals surface area (Å²) in [5.41, 5.74) is 2.02. The van der Waals surface area contributed by atoms with Gasteiger partial charge < -0.3 is 9.84 Å². The summed E-state index contributed by atoms with van der Waals surface area (Å²) >= 11 is 0. The average molecular weight is 349 g/mol. The fourth-order valence-electron chi connectivity index (χ4n) is 2.10. The van der Waals surface area contributed by atoms with Crippen LogP contribution in [0.4, 0.5) is 16.3 Å². The van der Waals surface area contributed by atoms with Crippen LogP contribution in [0, 0.1) is 11.8 Å². The van der Waals surface area contributed by atoms with Crippen LogP contribution >= 0.6 is 0 Å². The number of hydrogen-bond donors (Lipinski definition) is 3. The van der Waals surface area contributed by atoms with Gasteiger partial charge in [0.1, 0.15) is 5.76 Å². The zero-order chi connectivity index (χ0) is 18.6. The number of nitrogens with one attached hydrogen (secondary N) is 3. The normalized spacial score (nSPS) is 10.7. The van der Waals surface area contributed by atoms with Crippen molar-refractivity contribution >= 4 is 17.5 Å². The summed E-state index contributed by atoms with van der Waals surface area (Å²) < 4.78 is 5.25. The maximum atomic E-state index is 12.1. The summed E-state index contributed by atoms with van der Waals surface area (Å²) in [6.45, 7) is 6.02. The number of H-pyrrole nitrogens is 1. The van der Waals surface area contributed by atoms with Crippen molar-refractivity contribution in [2.75, 3.05) is 10.6 Å². The van der Waals surface area contributed by atoms with Crippen LogP contribution in [0.1, 0.15) is 37.7 Å². The Hall–Kier alpha value is -3.53. The van der Waals surface area contributed by atoms with Gasteiger partial charge in [0.25, 0.3) is 0 Å². The fraction of sp³-hybridized carbons (Fsp3) is 0.211. The zero-order valence-corrected chi connectivity index (χ0v) is 14.8. The minimum absolute atomic E-state index is 0.175. The zero-order valence-electron chi connectivity index (χ0n) is 14.8. The monoisotopic (exact) mass is 349 g/mol. The van der Waals surface area contributed by atoms with Crippen LogP contribution in [0.25, 0.3) is 0 Å². The number of urea groups is 1. The van der Waals surface area contributed by atoms with Crippen molar-refractivity contribution < 1.29 is 9.32 Å². The molecule has 26 heavy (non-hydrogen) atoms. The van der Waals surface area contributed by atoms with E-state index in [4.69, 9.17) is 4.52 Å². The topological polar surface area (TPSA) is 95.8 Å². The van der Waals surface area contributed by atoms with Crippen molar-refractivity contribution in [1.82, 2.24) is 15.4 Å². The number of nitrogens with zero attached hydrogens (tertiary/aromatic N) is 2. The third kappa shape index (κ3) is 4.51. The molecule has 7 heteroatoms. The van der Waals surface area contributed by atoms with Gasteiger partial charge in [0.15, 0.2) is 5.82 Å². The Labute approximate surface area is 151 Å². The van der Waals surface area contributed by atoms with Crippen LogP contribution in [0.2, 0.25) is 0 Å². The van der Waals surface area contributed by atoms with Crippen molar-refractivity contribution in [3.63, 3.8) is 0 Å². The molecular weight excluding hydrogens is 330 g/mol. The number of aromatic amines is 1. The van der Waals surface area contributed by atoms with Gasteiger partial charge >= 0.3 is 6.03 Å². The van der Waals surface area contributed by atoms with Crippen LogP contribution in [-0.2, 0) is 5.41 Å². The predicted molar refractivity (Wildman–Crippen MR) is 98.9 cm³/mol. The summed E-state index contributed by atoms with van der Waals surface area (Å²) in [5.74, 6) is 7.07. The molecule has 2 heterocycles. The molecule has 132 valence electrons. The van der Waals surface area contributed by atoms with Gasteiger partial charge in [0.05, 0.1) is 11.8 Å². The molecule has 0 radical (unpaired) electrons. The van der Waals surface area contributed by atoms with E-state index in [0.717, 1.165) is 11.1 Å². The molecule has 0 aliphatic carbocycles. The smallest absolute Gasteiger partial charge is 0.324 e. The van der Waals surface area contributed by atoms with E-state index in [1.54, 1.807) is 30.6 Å². The molecule has 0 saturated carbocycles. The first-order chi connectivity index (χ1) is 12.4. The molecule has 0 saturated heterocycles. The number of benzene rings is 1. The number of amides is 2. The Morgan fingerprint density at radius 1 is 1.15 bits per heavy atom. The molecule has 3 aromatic rings. The van der Waals surface area contributed by atoms with Crippen molar-refractivity contribution in [3.05, 3.63) is 59.6 Å². The minimum Gasteiger partial charge on any atom is -0.359 e. The molecule has 0 unspecified atom stereocenters. The van der Waals surface area contributed by atoms with Gasteiger partial charge in [-0.2, -0.15) is 5.10 Å². The van der Waals surface area contributed by atoms with Gasteiger partial charge in [0, 0.05) is 28.9 Å². The number of hydrogen-bond acceptors (Lipinski definition) is 4. The van der Waals surface area contributed by atoms with Gasteiger partial charge in [-0.25, -0.2) is 4.79 Å². The van der Waals surface area contributed by atoms with Crippen LogP contribution < -0.4 is 10.6 Å². The van der Waals surface area contributed by atoms with Crippen molar-refractivity contribution in [2.45, 2.75) is 26.2 Å². The first kappa shape index (κ1) is 17.3. The average Bonchev–Trinajstić information content (AvgIpc) is 3.24. The van der Waals surface area contributed by atoms with Crippen LogP contribution in [0.3, 0.4) is 0 Å². The van der Waals surface area contributed by atoms with E-state index >= 15 is 0 Å². The molecule has 3 rings (SSSR count). The summed E-state index contributed by atoms with van der Waals surface area (Å²) in [7, 11) is 0. The summed E-state index contributed by atoms with van der Waals surface area (Å²) in [6.07, 6.45) is 3.36. The van der Waals surface area contributed by atoms with Gasteiger partial charge in [-0.05, 0) is 18.2 Å². The molecule has 2 aromatic heterocycles. The summed E-state index contributed by atoms with van der Waals surface area (Å²) in [6, 6.07) is 8.57. The molecule has 0 atom stereocenters. The Morgan fingerprint density at radius 3 is 2.65 bits per heavy atom. The van der Waals surface area contributed by atoms with E-state index in [1.165, 1.54) is 0 Å². The number of carbonyl (C=O) groups excluding carboxylic acids is 1. The van der Waals surface area contributed by atoms with Crippen molar-refractivity contribution in [2.24, 2.45) is 0 Å². The highest BCUT2D eigenvalue weighted by Gasteiger charge is 2.20. The van der Waals surface area contributed by atoms with E-state index in [9.17, 15) is 4.79 Å². The van der Waals surface area contributed by atoms with Gasteiger partial charge in [-0.3, -0.25) is 10.4 Å². The second-order valence-corrected chi connectivity index (χ2v) is 6.72. The Balaban J connectivity index is 1.64. The second-order valence-electron chi connectivity index (χ2n) is 6.72. The maximum absolute atomic E-state index is 12.1. The molecule has 0 fully saturated rings. The molecule has 7 nitrogen and oxygen atoms in total. The Bertz CT molecular complexity index is 956. The molecule has 0 aliphatic rings. The second kappa shape index (κ2) is 7.15. The summed E-state index contributed by atoms with van der Waals surface area (Å²) in [4.78, 5) is 12.1. The van der Waals surface area contributed by atoms with Crippen LogP contribution in [0.15, 0.2) is 47.2 Å². The van der Waals surface area contributed by atoms with E-state index in [-0.39, 0.29) is 5.41 Å². The van der Waals surface area contributed by atoms with Gasteiger partial charge in [-0.15, -0.1) is 0 Å². The summed E-state index contributed by atoms with van der Waals surface area (Å²) in [5, 5.41) is 15.8. The van der Waals surface area contributed by atoms with E-state index in [0.29, 0.717) is 17.3 Å². The lowest BCUT2D eigenvalue weighted by atomic mass is 9.93. The standard InChI is InChI=1S/C19H19N5O2/c1-19(2,3)16-10-17(24-26-16)23-18(25)22-15-6-4-5-13(9-15)7-8-14-11-20-21-12-14/h4-6,9-12H,1-3H3,(H,20,21)(H2,22,23,24,25). The highest BCUT2D eigenvalue weighted by molar-refractivity contribution is 5.99. The number of carbonyl (C=O) groups is 1. The van der Waals surface area contributed by atoms with Crippen molar-refractivity contribution in [3.8, 4) is 11.8 Å². The van der Waals surface area contributed by atoms with E-state index in [2.05, 4.69) is 37.8 Å². The number of anilines is 2. The van der Waals surface area contributed by atoms with E-state index < -0.39 is 6.03 Å². The molecular formula is C19H19N5O2. The van der Waals surface area contributed by atoms with Gasteiger partial charge in [0.2, 0.25) is 0 Å². The first-order valence-corrected chi connectivity index (χ1v) is 8.06. The SMILES string of the molecule is CC(C)(C)c1cc(NC(=O)Nc2cccc(C#Cc3cn[nH]c3)c2)no1. The van der Waals surface area contributed by atoms with Crippen LogP contribution in [0.5, 0.6) is 0 Å². The Morgan fingerprint density at radius 2 is 1.96 bits per heavy atom. The lowest BCUT2D eigenvalue weighted by Gasteiger charge is -2.12. The molecule has 0 spiro atoms. The highest BCUT2D eigenvalue weighted by atomic mass is 16.5. The first-order valence-electron chi connectivity index (χ1n) is 8.06. The number of rotatable bonds is 2. The lowest BCUT2D eigenvalue weighted by Crippen LogP contribution is -2.19. The fourth-order valence-corrected chi connectivity index (χ4v) is 2.10. The maximum Gasteiger partial charge on any atom is 0.324 e. The number of aromatic nitrogens is 3. The van der Waals surface area contributed by atoms with Crippen molar-refractivity contribution in [1.29, 1.82) is 0 Å². The molecule has 3 N–H and O–H groups in total. The highest BCUT2D eigenvalue weighted by Crippen LogP contribution is 2.24. The predicted octanol–water partition coefficient (Wildman–Crippen LogP) is 3.74. The lowest BCUT2D eigenvalue weighted by molar-refractivity contribution is 0.262.